The Kier molecular flexibility index (Phi) is 3.30. The monoisotopic (exact) mass is 298 g/mol. The minimum Gasteiger partial charge on any atom is -0.369 e. The zero-order valence-electron chi connectivity index (χ0n) is 10.5. The maximum absolute atomic E-state index is 13.4. The van der Waals surface area contributed by atoms with Crippen LogP contribution in [0.1, 0.15) is 19.3 Å². The second-order valence-electron chi connectivity index (χ2n) is 5.52. The molecular formula is C12H14F4O4. The van der Waals surface area contributed by atoms with E-state index < -0.39 is 30.5 Å². The lowest BCUT2D eigenvalue weighted by molar-refractivity contribution is -0.324. The van der Waals surface area contributed by atoms with E-state index in [1.165, 1.54) is 0 Å². The van der Waals surface area contributed by atoms with E-state index in [9.17, 15) is 22.4 Å². The number of rotatable bonds is 4. The average molecular weight is 298 g/mol. The van der Waals surface area contributed by atoms with Crippen LogP contribution in [0.15, 0.2) is 0 Å². The molecule has 20 heavy (non-hydrogen) atoms. The standard InChI is InChI=1S/C12H14F4O4/c13-7-4-11(5-19-11)6(3-8(7)17)10-9(20-10)1-2-18-12(14,15)16/h6-7,9-10H,1-5H2. The summed E-state index contributed by atoms with van der Waals surface area (Å²) in [6, 6.07) is 0. The van der Waals surface area contributed by atoms with Crippen molar-refractivity contribution in [2.24, 2.45) is 5.92 Å². The quantitative estimate of drug-likeness (QED) is 0.586. The number of halogens is 4. The van der Waals surface area contributed by atoms with Crippen LogP contribution >= 0.6 is 0 Å². The molecule has 2 aliphatic heterocycles. The minimum absolute atomic E-state index is 0.0299. The number of alkyl halides is 4. The Morgan fingerprint density at radius 1 is 1.40 bits per heavy atom. The number of epoxide rings is 2. The molecule has 0 N–H and O–H groups in total. The fraction of sp³-hybridized carbons (Fsp3) is 0.917. The van der Waals surface area contributed by atoms with Crippen molar-refractivity contribution >= 4 is 5.78 Å². The summed E-state index contributed by atoms with van der Waals surface area (Å²) in [5, 5.41) is 0. The molecular weight excluding hydrogens is 284 g/mol. The molecule has 3 rings (SSSR count). The highest BCUT2D eigenvalue weighted by Crippen LogP contribution is 2.52. The highest BCUT2D eigenvalue weighted by molar-refractivity contribution is 5.84. The summed E-state index contributed by atoms with van der Waals surface area (Å²) in [5.74, 6) is -0.727. The highest BCUT2D eigenvalue weighted by atomic mass is 19.4. The van der Waals surface area contributed by atoms with Crippen molar-refractivity contribution < 1.29 is 36.6 Å². The Balaban J connectivity index is 1.50. The molecule has 2 heterocycles. The summed E-state index contributed by atoms with van der Waals surface area (Å²) in [6.07, 6.45) is -6.68. The molecule has 1 saturated carbocycles. The first-order valence-electron chi connectivity index (χ1n) is 6.48. The van der Waals surface area contributed by atoms with Crippen molar-refractivity contribution in [3.8, 4) is 0 Å². The van der Waals surface area contributed by atoms with E-state index in [-0.39, 0.29) is 37.4 Å². The predicted octanol–water partition coefficient (Wildman–Crippen LogP) is 1.77. The first-order chi connectivity index (χ1) is 9.31. The fourth-order valence-electron chi connectivity index (χ4n) is 2.97. The van der Waals surface area contributed by atoms with Crippen LogP contribution in [-0.2, 0) is 19.0 Å². The van der Waals surface area contributed by atoms with Gasteiger partial charge in [0.05, 0.1) is 25.4 Å². The summed E-state index contributed by atoms with van der Waals surface area (Å²) >= 11 is 0. The number of carbonyl (C=O) groups is 1. The molecule has 2 saturated heterocycles. The van der Waals surface area contributed by atoms with Gasteiger partial charge in [-0.05, 0) is 6.42 Å². The smallest absolute Gasteiger partial charge is 0.369 e. The Bertz CT molecular complexity index is 407. The molecule has 1 aliphatic carbocycles. The van der Waals surface area contributed by atoms with Gasteiger partial charge >= 0.3 is 6.36 Å². The van der Waals surface area contributed by atoms with Gasteiger partial charge in [-0.15, -0.1) is 13.2 Å². The van der Waals surface area contributed by atoms with E-state index in [4.69, 9.17) is 9.47 Å². The van der Waals surface area contributed by atoms with Gasteiger partial charge in [0.15, 0.2) is 12.0 Å². The number of hydrogen-bond acceptors (Lipinski definition) is 4. The number of ether oxygens (including phenoxy) is 3. The second kappa shape index (κ2) is 4.64. The number of ketones is 1. The lowest BCUT2D eigenvalue weighted by Crippen LogP contribution is -2.42. The summed E-state index contributed by atoms with van der Waals surface area (Å²) < 4.78 is 63.2. The molecule has 0 aromatic rings. The zero-order valence-corrected chi connectivity index (χ0v) is 10.5. The van der Waals surface area contributed by atoms with Gasteiger partial charge in [0.2, 0.25) is 0 Å². The summed E-state index contributed by atoms with van der Waals surface area (Å²) in [6.45, 7) is -0.0953. The van der Waals surface area contributed by atoms with Gasteiger partial charge in [-0.2, -0.15) is 0 Å². The zero-order chi connectivity index (χ0) is 14.5. The molecule has 0 aromatic carbocycles. The summed E-state index contributed by atoms with van der Waals surface area (Å²) in [7, 11) is 0. The minimum atomic E-state index is -4.65. The topological polar surface area (TPSA) is 51.4 Å². The molecule has 3 aliphatic rings. The molecule has 5 unspecified atom stereocenters. The van der Waals surface area contributed by atoms with Crippen LogP contribution in [0.4, 0.5) is 17.6 Å². The molecule has 0 radical (unpaired) electrons. The van der Waals surface area contributed by atoms with Crippen molar-refractivity contribution in [3.63, 3.8) is 0 Å². The molecule has 0 aromatic heterocycles. The van der Waals surface area contributed by atoms with Gasteiger partial charge in [-0.25, -0.2) is 4.39 Å². The van der Waals surface area contributed by atoms with Crippen molar-refractivity contribution in [2.45, 2.75) is 49.6 Å². The van der Waals surface area contributed by atoms with Crippen LogP contribution < -0.4 is 0 Å². The third kappa shape index (κ3) is 2.82. The lowest BCUT2D eigenvalue weighted by atomic mass is 9.75. The average Bonchev–Trinajstić information content (AvgIpc) is 3.21. The number of hydrogen-bond donors (Lipinski definition) is 0. The SMILES string of the molecule is O=C1CC(C2OC2CCOC(F)(F)F)C2(CO2)CC1F. The van der Waals surface area contributed by atoms with Gasteiger partial charge in [-0.1, -0.05) is 0 Å². The van der Waals surface area contributed by atoms with E-state index >= 15 is 0 Å². The van der Waals surface area contributed by atoms with E-state index in [2.05, 4.69) is 4.74 Å². The number of Topliss-reactive ketones (excluding diaryl/α,β-unsaturated/α-hetero) is 1. The molecule has 4 nitrogen and oxygen atoms in total. The largest absolute Gasteiger partial charge is 0.522 e. The molecule has 1 spiro atoms. The lowest BCUT2D eigenvalue weighted by Gasteiger charge is -2.29. The third-order valence-electron chi connectivity index (χ3n) is 4.17. The first-order valence-corrected chi connectivity index (χ1v) is 6.48. The third-order valence-corrected chi connectivity index (χ3v) is 4.17. The molecule has 0 amide bonds. The Morgan fingerprint density at radius 3 is 2.70 bits per heavy atom. The van der Waals surface area contributed by atoms with Crippen molar-refractivity contribution in [3.05, 3.63) is 0 Å². The van der Waals surface area contributed by atoms with E-state index in [0.29, 0.717) is 6.61 Å². The van der Waals surface area contributed by atoms with Crippen LogP contribution in [-0.4, -0.2) is 49.3 Å². The molecule has 8 heteroatoms. The van der Waals surface area contributed by atoms with E-state index in [1.807, 2.05) is 0 Å². The van der Waals surface area contributed by atoms with Crippen LogP contribution in [0.25, 0.3) is 0 Å². The van der Waals surface area contributed by atoms with Crippen LogP contribution in [0.3, 0.4) is 0 Å². The van der Waals surface area contributed by atoms with Gasteiger partial charge in [-0.3, -0.25) is 9.53 Å². The van der Waals surface area contributed by atoms with Crippen LogP contribution in [0.2, 0.25) is 0 Å². The highest BCUT2D eigenvalue weighted by Gasteiger charge is 2.64. The maximum atomic E-state index is 13.4. The maximum Gasteiger partial charge on any atom is 0.522 e. The van der Waals surface area contributed by atoms with Gasteiger partial charge in [0.1, 0.15) is 5.60 Å². The predicted molar refractivity (Wildman–Crippen MR) is 56.6 cm³/mol. The Hall–Kier alpha value is -0.730. The van der Waals surface area contributed by atoms with Crippen molar-refractivity contribution in [1.29, 1.82) is 0 Å². The normalized spacial score (nSPS) is 43.9. The van der Waals surface area contributed by atoms with Gasteiger partial charge in [0, 0.05) is 18.8 Å². The van der Waals surface area contributed by atoms with Crippen LogP contribution in [0.5, 0.6) is 0 Å². The first kappa shape index (κ1) is 14.2. The van der Waals surface area contributed by atoms with E-state index in [0.717, 1.165) is 0 Å². The van der Waals surface area contributed by atoms with Crippen molar-refractivity contribution in [2.75, 3.05) is 13.2 Å². The molecule has 114 valence electrons. The molecule has 3 fully saturated rings. The van der Waals surface area contributed by atoms with Gasteiger partial charge < -0.3 is 9.47 Å². The Labute approximate surface area is 112 Å². The number of carbonyl (C=O) groups excluding carboxylic acids is 1. The Morgan fingerprint density at radius 2 is 2.10 bits per heavy atom. The molecule has 0 bridgehead atoms. The van der Waals surface area contributed by atoms with Crippen molar-refractivity contribution in [1.82, 2.24) is 0 Å². The van der Waals surface area contributed by atoms with Gasteiger partial charge in [0.25, 0.3) is 0 Å². The second-order valence-corrected chi connectivity index (χ2v) is 5.52. The van der Waals surface area contributed by atoms with E-state index in [1.54, 1.807) is 0 Å². The summed E-state index contributed by atoms with van der Waals surface area (Å²) in [5.41, 5.74) is -0.641. The fourth-order valence-corrected chi connectivity index (χ4v) is 2.97. The summed E-state index contributed by atoms with van der Waals surface area (Å²) in [4.78, 5) is 11.4. The van der Waals surface area contributed by atoms with Crippen LogP contribution in [0, 0.1) is 5.92 Å². The molecule has 5 atom stereocenters.